The molecule has 0 unspecified atom stereocenters. The fraction of sp³-hybridized carbons (Fsp3) is 0.235. The number of fused-ring (bicyclic) bond motifs is 1. The van der Waals surface area contributed by atoms with E-state index >= 15 is 0 Å². The van der Waals surface area contributed by atoms with Gasteiger partial charge in [-0.1, -0.05) is 12.1 Å². The van der Waals surface area contributed by atoms with E-state index in [4.69, 9.17) is 10.00 Å². The summed E-state index contributed by atoms with van der Waals surface area (Å²) in [6, 6.07) is 9.40. The van der Waals surface area contributed by atoms with Crippen LogP contribution in [0.1, 0.15) is 16.1 Å². The third-order valence-electron chi connectivity index (χ3n) is 4.03. The Hall–Kier alpha value is -2.69. The highest BCUT2D eigenvalue weighted by Gasteiger charge is 2.26. The summed E-state index contributed by atoms with van der Waals surface area (Å²) in [6.45, 7) is 2.24. The lowest BCUT2D eigenvalue weighted by atomic mass is 10.1. The molecule has 7 heteroatoms. The monoisotopic (exact) mass is 338 g/mol. The number of nitriles is 1. The molecule has 24 heavy (non-hydrogen) atoms. The molecule has 0 aliphatic carbocycles. The van der Waals surface area contributed by atoms with E-state index < -0.39 is 0 Å². The molecule has 0 saturated carbocycles. The molecule has 1 aliphatic heterocycles. The first-order valence-electron chi connectivity index (χ1n) is 7.61. The van der Waals surface area contributed by atoms with Crippen molar-refractivity contribution in [1.29, 1.82) is 5.26 Å². The molecule has 0 bridgehead atoms. The Labute approximate surface area is 142 Å². The summed E-state index contributed by atoms with van der Waals surface area (Å²) in [5.41, 5.74) is 2.54. The van der Waals surface area contributed by atoms with Crippen molar-refractivity contribution in [1.82, 2.24) is 14.3 Å². The number of aromatic nitrogens is 2. The molecule has 2 aromatic heterocycles. The Morgan fingerprint density at radius 1 is 1.33 bits per heavy atom. The van der Waals surface area contributed by atoms with Gasteiger partial charge in [-0.05, 0) is 12.1 Å². The number of rotatable bonds is 2. The molecule has 4 rings (SSSR count). The van der Waals surface area contributed by atoms with E-state index in [-0.39, 0.29) is 5.91 Å². The standard InChI is InChI=1S/C17H14N4O2S/c18-11-12-2-1-3-13(10-12)15-14(19-17-21(15)6-9-24-17)16(22)20-4-7-23-8-5-20/h1-3,6,9-10H,4-5,7-8H2. The number of carbonyl (C=O) groups is 1. The minimum Gasteiger partial charge on any atom is -0.378 e. The van der Waals surface area contributed by atoms with Crippen LogP contribution in [0.5, 0.6) is 0 Å². The number of hydrogen-bond donors (Lipinski definition) is 0. The fourth-order valence-electron chi connectivity index (χ4n) is 2.86. The number of amides is 1. The molecular formula is C17H14N4O2S. The molecule has 1 fully saturated rings. The third-order valence-corrected chi connectivity index (χ3v) is 4.78. The number of thiazole rings is 1. The van der Waals surface area contributed by atoms with Crippen LogP contribution in [0.2, 0.25) is 0 Å². The Balaban J connectivity index is 1.85. The van der Waals surface area contributed by atoms with Crippen molar-refractivity contribution >= 4 is 22.2 Å². The summed E-state index contributed by atoms with van der Waals surface area (Å²) < 4.78 is 7.23. The summed E-state index contributed by atoms with van der Waals surface area (Å²) >= 11 is 1.48. The van der Waals surface area contributed by atoms with Crippen molar-refractivity contribution in [3.8, 4) is 17.3 Å². The minimum absolute atomic E-state index is 0.0911. The number of carbonyl (C=O) groups excluding carboxylic acids is 1. The Kier molecular flexibility index (Phi) is 3.76. The summed E-state index contributed by atoms with van der Waals surface area (Å²) in [7, 11) is 0. The second-order valence-electron chi connectivity index (χ2n) is 5.46. The number of ether oxygens (including phenoxy) is 1. The molecule has 3 heterocycles. The second-order valence-corrected chi connectivity index (χ2v) is 6.33. The minimum atomic E-state index is -0.0911. The smallest absolute Gasteiger partial charge is 0.274 e. The topological polar surface area (TPSA) is 70.6 Å². The lowest BCUT2D eigenvalue weighted by Gasteiger charge is -2.26. The molecule has 3 aromatic rings. The summed E-state index contributed by atoms with van der Waals surface area (Å²) in [5.74, 6) is -0.0911. The van der Waals surface area contributed by atoms with E-state index in [0.29, 0.717) is 37.6 Å². The van der Waals surface area contributed by atoms with Gasteiger partial charge in [-0.25, -0.2) is 4.98 Å². The first-order valence-corrected chi connectivity index (χ1v) is 8.49. The highest BCUT2D eigenvalue weighted by atomic mass is 32.1. The Bertz CT molecular complexity index is 947. The fourth-order valence-corrected chi connectivity index (χ4v) is 3.58. The van der Waals surface area contributed by atoms with Crippen molar-refractivity contribution in [3.05, 3.63) is 47.1 Å². The molecule has 1 aromatic carbocycles. The molecule has 1 aliphatic rings. The van der Waals surface area contributed by atoms with Crippen molar-refractivity contribution in [2.45, 2.75) is 0 Å². The van der Waals surface area contributed by atoms with Crippen molar-refractivity contribution in [3.63, 3.8) is 0 Å². The Morgan fingerprint density at radius 2 is 2.17 bits per heavy atom. The predicted molar refractivity (Wildman–Crippen MR) is 89.9 cm³/mol. The quantitative estimate of drug-likeness (QED) is 0.719. The number of nitrogens with zero attached hydrogens (tertiary/aromatic N) is 4. The van der Waals surface area contributed by atoms with Crippen LogP contribution in [-0.2, 0) is 4.74 Å². The molecule has 0 radical (unpaired) electrons. The molecule has 1 saturated heterocycles. The first kappa shape index (κ1) is 14.9. The molecule has 1 amide bonds. The number of morpholine rings is 1. The van der Waals surface area contributed by atoms with E-state index in [0.717, 1.165) is 16.2 Å². The largest absolute Gasteiger partial charge is 0.378 e. The average molecular weight is 338 g/mol. The van der Waals surface area contributed by atoms with Gasteiger partial charge in [0.25, 0.3) is 5.91 Å². The van der Waals surface area contributed by atoms with Crippen LogP contribution >= 0.6 is 11.3 Å². The zero-order chi connectivity index (χ0) is 16.5. The maximum absolute atomic E-state index is 13.0. The summed E-state index contributed by atoms with van der Waals surface area (Å²) in [5, 5.41) is 11.1. The van der Waals surface area contributed by atoms with E-state index in [1.165, 1.54) is 11.3 Å². The zero-order valence-corrected chi connectivity index (χ0v) is 13.6. The number of benzene rings is 1. The first-order chi connectivity index (χ1) is 11.8. The molecule has 0 spiro atoms. The van der Waals surface area contributed by atoms with Gasteiger partial charge in [-0.15, -0.1) is 11.3 Å². The van der Waals surface area contributed by atoms with Crippen LogP contribution in [0.4, 0.5) is 0 Å². The highest BCUT2D eigenvalue weighted by molar-refractivity contribution is 7.15. The normalized spacial score (nSPS) is 14.7. The predicted octanol–water partition coefficient (Wildman–Crippen LogP) is 2.41. The van der Waals surface area contributed by atoms with Gasteiger partial charge in [0.15, 0.2) is 10.7 Å². The van der Waals surface area contributed by atoms with Crippen LogP contribution in [0.25, 0.3) is 16.2 Å². The average Bonchev–Trinajstić information content (AvgIpc) is 3.22. The van der Waals surface area contributed by atoms with Crippen LogP contribution in [0, 0.1) is 11.3 Å². The van der Waals surface area contributed by atoms with Gasteiger partial charge in [0.2, 0.25) is 0 Å². The molecule has 0 N–H and O–H groups in total. The third kappa shape index (κ3) is 2.46. The van der Waals surface area contributed by atoms with Crippen LogP contribution < -0.4 is 0 Å². The Morgan fingerprint density at radius 3 is 2.96 bits per heavy atom. The van der Waals surface area contributed by atoms with Crippen LogP contribution in [-0.4, -0.2) is 46.5 Å². The lowest BCUT2D eigenvalue weighted by molar-refractivity contribution is 0.0300. The van der Waals surface area contributed by atoms with Crippen molar-refractivity contribution in [2.75, 3.05) is 26.3 Å². The highest BCUT2D eigenvalue weighted by Crippen LogP contribution is 2.29. The van der Waals surface area contributed by atoms with Crippen molar-refractivity contribution in [2.24, 2.45) is 0 Å². The van der Waals surface area contributed by atoms with Gasteiger partial charge in [0.05, 0.1) is 30.5 Å². The van der Waals surface area contributed by atoms with Gasteiger partial charge in [-0.2, -0.15) is 5.26 Å². The maximum atomic E-state index is 13.0. The van der Waals surface area contributed by atoms with Gasteiger partial charge in [0, 0.05) is 30.2 Å². The van der Waals surface area contributed by atoms with Gasteiger partial charge in [0.1, 0.15) is 0 Å². The molecule has 120 valence electrons. The van der Waals surface area contributed by atoms with Crippen LogP contribution in [0.3, 0.4) is 0 Å². The SMILES string of the molecule is N#Cc1cccc(-c2c(C(=O)N3CCOCC3)nc3sccn23)c1. The van der Waals surface area contributed by atoms with Gasteiger partial charge >= 0.3 is 0 Å². The summed E-state index contributed by atoms with van der Waals surface area (Å²) in [4.78, 5) is 20.0. The van der Waals surface area contributed by atoms with Crippen molar-refractivity contribution < 1.29 is 9.53 Å². The molecule has 6 nitrogen and oxygen atoms in total. The molecular weight excluding hydrogens is 324 g/mol. The summed E-state index contributed by atoms with van der Waals surface area (Å²) in [6.07, 6.45) is 1.90. The van der Waals surface area contributed by atoms with E-state index in [2.05, 4.69) is 11.1 Å². The van der Waals surface area contributed by atoms with E-state index in [1.807, 2.05) is 28.1 Å². The van der Waals surface area contributed by atoms with E-state index in [1.54, 1.807) is 17.0 Å². The molecule has 0 atom stereocenters. The zero-order valence-electron chi connectivity index (χ0n) is 12.8. The van der Waals surface area contributed by atoms with Gasteiger partial charge in [-0.3, -0.25) is 9.20 Å². The number of imidazole rings is 1. The van der Waals surface area contributed by atoms with Crippen LogP contribution in [0.15, 0.2) is 35.8 Å². The second kappa shape index (κ2) is 6.07. The van der Waals surface area contributed by atoms with E-state index in [9.17, 15) is 4.79 Å². The lowest BCUT2D eigenvalue weighted by Crippen LogP contribution is -2.41. The maximum Gasteiger partial charge on any atom is 0.274 e. The number of hydrogen-bond acceptors (Lipinski definition) is 5. The van der Waals surface area contributed by atoms with Gasteiger partial charge < -0.3 is 9.64 Å².